The minimum absolute atomic E-state index is 0.0146. The zero-order valence-electron chi connectivity index (χ0n) is 56.4. The Hall–Kier alpha value is -5.92. The van der Waals surface area contributed by atoms with Crippen LogP contribution in [0.4, 0.5) is 0 Å². The van der Waals surface area contributed by atoms with Crippen LogP contribution in [0.15, 0.2) is 196 Å². The van der Waals surface area contributed by atoms with E-state index < -0.39 is 10.1 Å². The van der Waals surface area contributed by atoms with Gasteiger partial charge in [0, 0.05) is 54.0 Å². The largest absolute Gasteiger partial charge is 0.744 e. The highest BCUT2D eigenvalue weighted by molar-refractivity contribution is 7.97. The fourth-order valence-electron chi connectivity index (χ4n) is 9.72. The second-order valence-corrected chi connectivity index (χ2v) is 26.0. The molecule has 0 aromatic heterocycles. The van der Waals surface area contributed by atoms with Gasteiger partial charge in [0.2, 0.25) is 6.29 Å². The van der Waals surface area contributed by atoms with Crippen molar-refractivity contribution in [1.29, 1.82) is 0 Å². The van der Waals surface area contributed by atoms with Crippen molar-refractivity contribution >= 4 is 21.0 Å². The van der Waals surface area contributed by atoms with Gasteiger partial charge in [0.25, 0.3) is 0 Å². The van der Waals surface area contributed by atoms with E-state index in [1.807, 2.05) is 31.2 Å². The van der Waals surface area contributed by atoms with E-state index in [0.717, 1.165) is 55.6 Å². The maximum atomic E-state index is 10.8. The first-order valence-electron chi connectivity index (χ1n) is 31.2. The summed E-state index contributed by atoms with van der Waals surface area (Å²) in [5.74, 6) is 4.37. The number of methoxy groups -OCH3 is 4. The molecule has 1 N–H and O–H groups in total. The van der Waals surface area contributed by atoms with Crippen molar-refractivity contribution in [3.05, 3.63) is 215 Å². The molecule has 0 saturated heterocycles. The molecule has 15 heteroatoms. The summed E-state index contributed by atoms with van der Waals surface area (Å²) in [5.41, 5.74) is 7.79. The van der Waals surface area contributed by atoms with E-state index in [4.69, 9.17) is 43.0 Å². The monoisotopic (exact) mass is 1280 g/mol. The molecule has 90 heavy (non-hydrogen) atoms. The SMILES string of the molecule is CC1Cc2ccccc2C1C.CCC(C)c1ccc(O)cc1.CCC(C)c1ccc(OC(OC)C(C)C)cc1.COCOCCN(CCOCOC)CCOCOC.Cc1cc(C)c(S(=O)(=O)[O-])c(C)c1.c1ccc([S+](c2ccccc2)c2ccccc2)cc1. The minimum atomic E-state index is -4.33. The second-order valence-electron chi connectivity index (χ2n) is 22.6. The van der Waals surface area contributed by atoms with Crippen molar-refractivity contribution in [3.8, 4) is 11.5 Å². The summed E-state index contributed by atoms with van der Waals surface area (Å²) in [5, 5.41) is 9.01. The summed E-state index contributed by atoms with van der Waals surface area (Å²) >= 11 is 0. The third-order valence-electron chi connectivity index (χ3n) is 15.2. The Balaban J connectivity index is 0.000000286. The topological polar surface area (TPSA) is 155 Å². The molecule has 5 atom stereocenters. The van der Waals surface area contributed by atoms with E-state index in [-0.39, 0.29) is 22.1 Å². The third-order valence-corrected chi connectivity index (χ3v) is 18.5. The van der Waals surface area contributed by atoms with Gasteiger partial charge >= 0.3 is 0 Å². The predicted octanol–water partition coefficient (Wildman–Crippen LogP) is 16.5. The zero-order chi connectivity index (χ0) is 66.3. The highest BCUT2D eigenvalue weighted by Crippen LogP contribution is 2.37. The van der Waals surface area contributed by atoms with Crippen LogP contribution in [0.1, 0.15) is 125 Å². The van der Waals surface area contributed by atoms with E-state index in [9.17, 15) is 13.0 Å². The molecule has 0 bridgehead atoms. The van der Waals surface area contributed by atoms with Gasteiger partial charge in [0.1, 0.15) is 42.0 Å². The smallest absolute Gasteiger partial charge is 0.201 e. The first-order chi connectivity index (χ1) is 43.2. The lowest BCUT2D eigenvalue weighted by Gasteiger charge is -2.21. The van der Waals surface area contributed by atoms with Gasteiger partial charge in [-0.25, -0.2) is 8.42 Å². The molecule has 7 aromatic rings. The summed E-state index contributed by atoms with van der Waals surface area (Å²) in [7, 11) is 2.15. The van der Waals surface area contributed by atoms with Crippen LogP contribution in [-0.4, -0.2) is 118 Å². The number of rotatable bonds is 27. The molecule has 1 aliphatic carbocycles. The molecule has 8 rings (SSSR count). The average molecular weight is 1280 g/mol. The average Bonchev–Trinajstić information content (AvgIpc) is 2.57. The van der Waals surface area contributed by atoms with E-state index in [1.54, 1.807) is 77.7 Å². The van der Waals surface area contributed by atoms with Crippen LogP contribution in [-0.2, 0) is 60.6 Å². The molecule has 0 saturated carbocycles. The molecule has 0 amide bonds. The lowest BCUT2D eigenvalue weighted by Crippen LogP contribution is -2.34. The number of ether oxygens (including phenoxy) is 8. The van der Waals surface area contributed by atoms with E-state index >= 15 is 0 Å². The minimum Gasteiger partial charge on any atom is -0.744 e. The Morgan fingerprint density at radius 3 is 1.31 bits per heavy atom. The number of phenols is 1. The lowest BCUT2D eigenvalue weighted by molar-refractivity contribution is -0.0833. The van der Waals surface area contributed by atoms with Crippen LogP contribution >= 0.6 is 0 Å². The number of hydrogen-bond donors (Lipinski definition) is 1. The highest BCUT2D eigenvalue weighted by Gasteiger charge is 2.28. The van der Waals surface area contributed by atoms with Crippen LogP contribution < -0.4 is 4.74 Å². The zero-order valence-corrected chi connectivity index (χ0v) is 58.0. The van der Waals surface area contributed by atoms with Crippen molar-refractivity contribution in [2.75, 3.05) is 88.3 Å². The highest BCUT2D eigenvalue weighted by atomic mass is 32.2. The number of hydrogen-bond acceptors (Lipinski definition) is 13. The van der Waals surface area contributed by atoms with Crippen LogP contribution in [0.2, 0.25) is 0 Å². The van der Waals surface area contributed by atoms with E-state index in [2.05, 4.69) is 188 Å². The van der Waals surface area contributed by atoms with Crippen LogP contribution in [0.3, 0.4) is 0 Å². The summed E-state index contributed by atoms with van der Waals surface area (Å²) < 4.78 is 73.9. The number of aromatic hydroxyl groups is 1. The predicted molar refractivity (Wildman–Crippen MR) is 366 cm³/mol. The first kappa shape index (κ1) is 78.3. The van der Waals surface area contributed by atoms with Crippen molar-refractivity contribution in [1.82, 2.24) is 4.90 Å². The van der Waals surface area contributed by atoms with Gasteiger partial charge in [-0.1, -0.05) is 176 Å². The van der Waals surface area contributed by atoms with Gasteiger partial charge in [0.15, 0.2) is 14.7 Å². The van der Waals surface area contributed by atoms with Crippen molar-refractivity contribution in [2.24, 2.45) is 11.8 Å². The van der Waals surface area contributed by atoms with Gasteiger partial charge in [-0.05, 0) is 158 Å². The van der Waals surface area contributed by atoms with Crippen LogP contribution in [0, 0.1) is 32.6 Å². The Morgan fingerprint density at radius 1 is 0.567 bits per heavy atom. The molecular formula is C75H105NO12S2. The summed E-state index contributed by atoms with van der Waals surface area (Å²) in [6, 6.07) is 60.1. The van der Waals surface area contributed by atoms with Crippen molar-refractivity contribution in [3.63, 3.8) is 0 Å². The van der Waals surface area contributed by atoms with Gasteiger partial charge in [0.05, 0.1) is 35.6 Å². The molecule has 0 fully saturated rings. The molecule has 494 valence electrons. The second kappa shape index (κ2) is 44.6. The molecule has 0 aliphatic heterocycles. The number of phenolic OH excluding ortho intramolecular Hbond substituents is 1. The standard InChI is InChI=1S/C18H15S.C15H24O2.C12H27NO6.C11H14.C10H14O.C9H12O3S/c1-4-10-16(11-5-1)19(17-12-6-2-7-13-17)18-14-8-3-9-15-18;1-6-12(4)13-7-9-14(10-8-13)17-15(16-5)11(2)3;1-14-10-17-7-4-13(5-8-18-11-15-2)6-9-19-12-16-3;1-8-7-10-5-3-4-6-11(10)9(8)2;1-3-8(2)9-4-6-10(11)7-5-9;1-6-4-7(2)9(8(3)5-6)13(10,11)12/h1-15H;7-12,15H,6H2,1-5H3;4-12H2,1-3H3;3-6,8-9H,7H2,1-2H3;4-8,11H,3H2,1-2H3;4-5H,1-3H3,(H,10,11,12)/q+1;;;;;/p-1. The fraction of sp³-hybridized carbons (Fsp3) is 0.440. The Bertz CT molecular complexity index is 2920. The maximum Gasteiger partial charge on any atom is 0.201 e. The molecule has 5 unspecified atom stereocenters. The Morgan fingerprint density at radius 2 is 0.956 bits per heavy atom. The molecule has 0 heterocycles. The van der Waals surface area contributed by atoms with Crippen molar-refractivity contribution in [2.45, 2.75) is 139 Å². The number of nitrogens with zero attached hydrogens (tertiary/aromatic N) is 1. The van der Waals surface area contributed by atoms with Gasteiger partial charge in [-0.2, -0.15) is 0 Å². The lowest BCUT2D eigenvalue weighted by atomic mass is 9.97. The molecule has 13 nitrogen and oxygen atoms in total. The van der Waals surface area contributed by atoms with Gasteiger partial charge in [-0.3, -0.25) is 4.90 Å². The molecule has 0 spiro atoms. The first-order valence-corrected chi connectivity index (χ1v) is 33.9. The third kappa shape index (κ3) is 29.6. The van der Waals surface area contributed by atoms with E-state index in [1.165, 1.54) is 32.2 Å². The Kier molecular flexibility index (Phi) is 38.8. The molecule has 1 aliphatic rings. The fourth-order valence-corrected chi connectivity index (χ4v) is 12.7. The molecular weight excluding hydrogens is 1170 g/mol. The van der Waals surface area contributed by atoms with E-state index in [0.29, 0.717) is 74.8 Å². The summed E-state index contributed by atoms with van der Waals surface area (Å²) in [4.78, 5) is 6.19. The summed E-state index contributed by atoms with van der Waals surface area (Å²) in [6.07, 6.45) is 3.40. The van der Waals surface area contributed by atoms with Crippen LogP contribution in [0.25, 0.3) is 0 Å². The maximum absolute atomic E-state index is 10.8. The number of benzene rings is 7. The number of fused-ring (bicyclic) bond motifs is 1. The number of aryl methyl sites for hydroxylation is 3. The normalized spacial score (nSPS) is 14.2. The quantitative estimate of drug-likeness (QED) is 0.0225. The van der Waals surface area contributed by atoms with Crippen molar-refractivity contribution < 1.29 is 56.0 Å². The molecule has 7 aromatic carbocycles. The summed E-state index contributed by atoms with van der Waals surface area (Å²) in [6.45, 7) is 27.9. The van der Waals surface area contributed by atoms with Gasteiger partial charge in [-0.15, -0.1) is 0 Å². The van der Waals surface area contributed by atoms with Gasteiger partial charge < -0.3 is 47.6 Å². The Labute approximate surface area is 544 Å². The van der Waals surface area contributed by atoms with Crippen LogP contribution in [0.5, 0.6) is 11.5 Å². The molecule has 0 radical (unpaired) electrons.